The van der Waals surface area contributed by atoms with Gasteiger partial charge >= 0.3 is 6.18 Å². The Labute approximate surface area is 114 Å². The van der Waals surface area contributed by atoms with Gasteiger partial charge in [0, 0.05) is 6.54 Å². The molecule has 1 aromatic carbocycles. The summed E-state index contributed by atoms with van der Waals surface area (Å²) in [5.74, 6) is 0.504. The molecule has 0 aliphatic carbocycles. The summed E-state index contributed by atoms with van der Waals surface area (Å²) in [6, 6.07) is 7.03. The Balaban J connectivity index is 2.25. The maximum Gasteiger partial charge on any atom is 0.392 e. The molecule has 2 aromatic rings. The van der Waals surface area contributed by atoms with Gasteiger partial charge in [0.2, 0.25) is 11.8 Å². The Hall–Kier alpha value is -2.05. The van der Waals surface area contributed by atoms with E-state index in [1.165, 1.54) is 0 Å². The van der Waals surface area contributed by atoms with Crippen LogP contribution >= 0.6 is 0 Å². The van der Waals surface area contributed by atoms with E-state index in [4.69, 9.17) is 4.74 Å². The Morgan fingerprint density at radius 3 is 2.65 bits per heavy atom. The number of fused-ring (bicyclic) bond motifs is 1. The van der Waals surface area contributed by atoms with Crippen molar-refractivity contribution >= 4 is 16.9 Å². The van der Waals surface area contributed by atoms with Crippen LogP contribution in [0.5, 0.6) is 5.88 Å². The van der Waals surface area contributed by atoms with E-state index in [9.17, 15) is 13.2 Å². The zero-order valence-electron chi connectivity index (χ0n) is 10.9. The molecule has 0 fully saturated rings. The van der Waals surface area contributed by atoms with E-state index in [1.807, 2.05) is 6.92 Å². The second-order valence-corrected chi connectivity index (χ2v) is 4.11. The first-order valence-corrected chi connectivity index (χ1v) is 6.20. The molecule has 20 heavy (non-hydrogen) atoms. The highest BCUT2D eigenvalue weighted by Gasteiger charge is 2.27. The number of rotatable bonds is 5. The fourth-order valence-corrected chi connectivity index (χ4v) is 1.66. The number of alkyl halides is 3. The smallest absolute Gasteiger partial charge is 0.392 e. The number of aromatic nitrogens is 2. The first kappa shape index (κ1) is 14.4. The summed E-state index contributed by atoms with van der Waals surface area (Å²) >= 11 is 0. The van der Waals surface area contributed by atoms with Gasteiger partial charge in [0.1, 0.15) is 0 Å². The van der Waals surface area contributed by atoms with Gasteiger partial charge in [-0.3, -0.25) is 0 Å². The molecule has 0 aliphatic rings. The molecule has 1 N–H and O–H groups in total. The molecule has 0 spiro atoms. The van der Waals surface area contributed by atoms with Gasteiger partial charge < -0.3 is 10.1 Å². The highest BCUT2D eigenvalue weighted by Crippen LogP contribution is 2.25. The maximum atomic E-state index is 12.1. The Bertz CT molecular complexity index is 587. The summed E-state index contributed by atoms with van der Waals surface area (Å²) in [6.07, 6.45) is -5.25. The summed E-state index contributed by atoms with van der Waals surface area (Å²) in [5.41, 5.74) is 0.625. The molecule has 0 radical (unpaired) electrons. The Morgan fingerprint density at radius 2 is 1.95 bits per heavy atom. The van der Waals surface area contributed by atoms with E-state index in [0.29, 0.717) is 23.4 Å². The van der Waals surface area contributed by atoms with Gasteiger partial charge in [0.15, 0.2) is 0 Å². The van der Waals surface area contributed by atoms with Gasteiger partial charge in [-0.25, -0.2) is 4.98 Å². The summed E-state index contributed by atoms with van der Waals surface area (Å²) in [7, 11) is 0. The Kier molecular flexibility index (Phi) is 4.26. The van der Waals surface area contributed by atoms with Crippen molar-refractivity contribution in [3.63, 3.8) is 0 Å². The average Bonchev–Trinajstić information content (AvgIpc) is 2.37. The molecule has 4 nitrogen and oxygen atoms in total. The van der Waals surface area contributed by atoms with Gasteiger partial charge in [-0.15, -0.1) is 0 Å². The average molecular weight is 285 g/mol. The van der Waals surface area contributed by atoms with Crippen molar-refractivity contribution < 1.29 is 17.9 Å². The van der Waals surface area contributed by atoms with Crippen LogP contribution in [0, 0.1) is 0 Å². The fraction of sp³-hybridized carbons (Fsp3) is 0.385. The number of nitrogens with zero attached hydrogens (tertiary/aromatic N) is 2. The van der Waals surface area contributed by atoms with Gasteiger partial charge in [0.05, 0.1) is 23.9 Å². The fourth-order valence-electron chi connectivity index (χ4n) is 1.66. The molecule has 0 aliphatic heterocycles. The minimum Gasteiger partial charge on any atom is -0.477 e. The van der Waals surface area contributed by atoms with E-state index in [2.05, 4.69) is 15.3 Å². The van der Waals surface area contributed by atoms with E-state index < -0.39 is 19.2 Å². The summed E-state index contributed by atoms with van der Waals surface area (Å²) in [5, 5.41) is 3.52. The van der Waals surface area contributed by atoms with Crippen LogP contribution in [0.25, 0.3) is 10.9 Å². The molecule has 0 unspecified atom stereocenters. The minimum atomic E-state index is -4.24. The molecule has 0 saturated heterocycles. The normalized spacial score (nSPS) is 11.6. The summed E-state index contributed by atoms with van der Waals surface area (Å²) in [4.78, 5) is 8.36. The van der Waals surface area contributed by atoms with Crippen LogP contribution in [0.4, 0.5) is 19.1 Å². The number of anilines is 1. The van der Waals surface area contributed by atoms with E-state index in [-0.39, 0.29) is 5.88 Å². The molecule has 0 saturated carbocycles. The molecule has 1 heterocycles. The predicted octanol–water partition coefficient (Wildman–Crippen LogP) is 3.39. The number of halogens is 3. The molecular formula is C13H14F3N3O. The molecule has 2 rings (SSSR count). The van der Waals surface area contributed by atoms with E-state index in [0.717, 1.165) is 0 Å². The van der Waals surface area contributed by atoms with Gasteiger partial charge in [-0.05, 0) is 19.1 Å². The third-order valence-electron chi connectivity index (χ3n) is 2.53. The van der Waals surface area contributed by atoms with Crippen LogP contribution in [0.2, 0.25) is 0 Å². The van der Waals surface area contributed by atoms with E-state index >= 15 is 0 Å². The standard InChI is InChI=1S/C13H14F3N3O/c1-2-17-12-18-10-6-4-3-5-9(10)11(19-12)20-8-7-13(14,15)16/h3-6H,2,7-8H2,1H3,(H,17,18,19). The number of ether oxygens (including phenoxy) is 1. The maximum absolute atomic E-state index is 12.1. The number of para-hydroxylation sites is 1. The highest BCUT2D eigenvalue weighted by atomic mass is 19.4. The third-order valence-corrected chi connectivity index (χ3v) is 2.53. The van der Waals surface area contributed by atoms with Gasteiger partial charge in [0.25, 0.3) is 0 Å². The van der Waals surface area contributed by atoms with Crippen molar-refractivity contribution in [3.05, 3.63) is 24.3 Å². The molecule has 0 bridgehead atoms. The second-order valence-electron chi connectivity index (χ2n) is 4.11. The second kappa shape index (κ2) is 5.94. The topological polar surface area (TPSA) is 47.0 Å². The van der Waals surface area contributed by atoms with Gasteiger partial charge in [-0.1, -0.05) is 12.1 Å². The highest BCUT2D eigenvalue weighted by molar-refractivity contribution is 5.84. The lowest BCUT2D eigenvalue weighted by molar-refractivity contribution is -0.139. The molecule has 7 heteroatoms. The zero-order chi connectivity index (χ0) is 14.6. The summed E-state index contributed by atoms with van der Waals surface area (Å²) in [6.45, 7) is 2.03. The first-order chi connectivity index (χ1) is 9.49. The lowest BCUT2D eigenvalue weighted by Crippen LogP contribution is -2.14. The Morgan fingerprint density at radius 1 is 1.20 bits per heavy atom. The van der Waals surface area contributed by atoms with Crippen LogP contribution < -0.4 is 10.1 Å². The minimum absolute atomic E-state index is 0.163. The first-order valence-electron chi connectivity index (χ1n) is 6.20. The number of hydrogen-bond donors (Lipinski definition) is 1. The van der Waals surface area contributed by atoms with Crippen molar-refractivity contribution in [2.75, 3.05) is 18.5 Å². The molecular weight excluding hydrogens is 271 g/mol. The van der Waals surface area contributed by atoms with Crippen molar-refractivity contribution in [2.24, 2.45) is 0 Å². The van der Waals surface area contributed by atoms with Crippen LogP contribution in [0.15, 0.2) is 24.3 Å². The number of hydrogen-bond acceptors (Lipinski definition) is 4. The quantitative estimate of drug-likeness (QED) is 0.914. The molecule has 0 atom stereocenters. The lowest BCUT2D eigenvalue weighted by Gasteiger charge is -2.11. The molecule has 1 aromatic heterocycles. The van der Waals surface area contributed by atoms with Crippen molar-refractivity contribution in [2.45, 2.75) is 19.5 Å². The SMILES string of the molecule is CCNc1nc(OCCC(F)(F)F)c2ccccc2n1. The third kappa shape index (κ3) is 3.72. The van der Waals surface area contributed by atoms with Crippen LogP contribution in [0.1, 0.15) is 13.3 Å². The predicted molar refractivity (Wildman–Crippen MR) is 69.9 cm³/mol. The van der Waals surface area contributed by atoms with E-state index in [1.54, 1.807) is 24.3 Å². The summed E-state index contributed by atoms with van der Waals surface area (Å²) < 4.78 is 41.6. The molecule has 0 amide bonds. The molecule has 108 valence electrons. The number of benzene rings is 1. The van der Waals surface area contributed by atoms with Gasteiger partial charge in [-0.2, -0.15) is 18.2 Å². The largest absolute Gasteiger partial charge is 0.477 e. The van der Waals surface area contributed by atoms with Crippen LogP contribution in [-0.2, 0) is 0 Å². The number of nitrogens with one attached hydrogen (secondary N) is 1. The van der Waals surface area contributed by atoms with Crippen molar-refractivity contribution in [3.8, 4) is 5.88 Å². The monoisotopic (exact) mass is 285 g/mol. The van der Waals surface area contributed by atoms with Crippen molar-refractivity contribution in [1.29, 1.82) is 0 Å². The van der Waals surface area contributed by atoms with Crippen LogP contribution in [0.3, 0.4) is 0 Å². The van der Waals surface area contributed by atoms with Crippen molar-refractivity contribution in [1.82, 2.24) is 9.97 Å². The van der Waals surface area contributed by atoms with Crippen LogP contribution in [-0.4, -0.2) is 29.3 Å². The zero-order valence-corrected chi connectivity index (χ0v) is 10.9. The lowest BCUT2D eigenvalue weighted by atomic mass is 10.2.